The summed E-state index contributed by atoms with van der Waals surface area (Å²) in [7, 11) is -3.39. The highest BCUT2D eigenvalue weighted by Crippen LogP contribution is 2.38. The molecule has 4 heterocycles. The molecule has 1 fully saturated rings. The van der Waals surface area contributed by atoms with Gasteiger partial charge in [-0.2, -0.15) is 14.7 Å². The number of fused-ring (bicyclic) bond motifs is 1. The molecule has 0 unspecified atom stereocenters. The number of anilines is 2. The first-order valence-corrected chi connectivity index (χ1v) is 16.1. The van der Waals surface area contributed by atoms with Crippen LogP contribution in [0.3, 0.4) is 0 Å². The van der Waals surface area contributed by atoms with Gasteiger partial charge in [-0.15, -0.1) is 0 Å². The maximum Gasteiger partial charge on any atom is 0.337 e. The topological polar surface area (TPSA) is 159 Å². The van der Waals surface area contributed by atoms with Gasteiger partial charge >= 0.3 is 5.97 Å². The van der Waals surface area contributed by atoms with Crippen LogP contribution < -0.4 is 5.32 Å². The van der Waals surface area contributed by atoms with Crippen LogP contribution in [-0.4, -0.2) is 67.0 Å². The number of sulfonamides is 1. The third-order valence-electron chi connectivity index (χ3n) is 8.31. The number of nitrogens with one attached hydrogen (secondary N) is 1. The molecule has 5 aromatic rings. The Morgan fingerprint density at radius 1 is 1.18 bits per heavy atom. The summed E-state index contributed by atoms with van der Waals surface area (Å²) in [6, 6.07) is 12.8. The monoisotopic (exact) mass is 644 g/mol. The first kappa shape index (κ1) is 30.3. The normalized spacial score (nSPS) is 14.6. The van der Waals surface area contributed by atoms with Crippen LogP contribution in [0.1, 0.15) is 34.8 Å². The SMILES string of the molecule is CCS(=O)(=O)N1CC(CC#N)(n2cc(-c3ncnc4c3ccn4-c3c(C)ccc(C(=O)O)c3Nc3cccc(Cl)c3C)cn2)C1. The fourth-order valence-electron chi connectivity index (χ4n) is 5.73. The lowest BCUT2D eigenvalue weighted by molar-refractivity contribution is 0.0698. The molecule has 12 nitrogen and oxygen atoms in total. The molecule has 0 saturated carbocycles. The smallest absolute Gasteiger partial charge is 0.337 e. The molecule has 0 radical (unpaired) electrons. The van der Waals surface area contributed by atoms with Crippen molar-refractivity contribution in [3.05, 3.63) is 83.0 Å². The van der Waals surface area contributed by atoms with Gasteiger partial charge in [-0.3, -0.25) is 9.25 Å². The zero-order valence-electron chi connectivity index (χ0n) is 24.7. The summed E-state index contributed by atoms with van der Waals surface area (Å²) in [6.45, 7) is 5.66. The Labute approximate surface area is 264 Å². The van der Waals surface area contributed by atoms with E-state index in [1.807, 2.05) is 36.7 Å². The predicted octanol–water partition coefficient (Wildman–Crippen LogP) is 5.27. The van der Waals surface area contributed by atoms with Gasteiger partial charge in [0.15, 0.2) is 0 Å². The van der Waals surface area contributed by atoms with Gasteiger partial charge in [-0.1, -0.05) is 23.7 Å². The summed E-state index contributed by atoms with van der Waals surface area (Å²) in [4.78, 5) is 21.5. The third kappa shape index (κ3) is 5.10. The molecule has 6 rings (SSSR count). The molecule has 1 saturated heterocycles. The van der Waals surface area contributed by atoms with E-state index in [0.717, 1.165) is 11.1 Å². The van der Waals surface area contributed by atoms with E-state index < -0.39 is 21.5 Å². The second-order valence-electron chi connectivity index (χ2n) is 11.0. The van der Waals surface area contributed by atoms with Crippen LogP contribution in [0.25, 0.3) is 28.0 Å². The summed E-state index contributed by atoms with van der Waals surface area (Å²) in [5.41, 5.74) is 4.33. The Kier molecular flexibility index (Phi) is 7.60. The van der Waals surface area contributed by atoms with Crippen molar-refractivity contribution in [2.24, 2.45) is 0 Å². The molecule has 0 bridgehead atoms. The summed E-state index contributed by atoms with van der Waals surface area (Å²) < 4.78 is 29.6. The first-order chi connectivity index (χ1) is 21.5. The first-order valence-electron chi connectivity index (χ1n) is 14.1. The second kappa shape index (κ2) is 11.3. The number of benzene rings is 2. The highest BCUT2D eigenvalue weighted by Gasteiger charge is 2.49. The Hall–Kier alpha value is -4.77. The number of aromatic carboxylic acids is 1. The van der Waals surface area contributed by atoms with E-state index in [2.05, 4.69) is 26.5 Å². The van der Waals surface area contributed by atoms with Gasteiger partial charge in [0.25, 0.3) is 0 Å². The van der Waals surface area contributed by atoms with Crippen molar-refractivity contribution in [2.75, 3.05) is 24.2 Å². The van der Waals surface area contributed by atoms with Gasteiger partial charge in [-0.05, 0) is 56.2 Å². The van der Waals surface area contributed by atoms with Gasteiger partial charge < -0.3 is 10.4 Å². The molecular formula is C31H29ClN8O4S. The number of hydrogen-bond donors (Lipinski definition) is 2. The van der Waals surface area contributed by atoms with E-state index in [1.54, 1.807) is 48.3 Å². The third-order valence-corrected chi connectivity index (χ3v) is 10.5. The van der Waals surface area contributed by atoms with E-state index >= 15 is 0 Å². The van der Waals surface area contributed by atoms with Gasteiger partial charge in [0, 0.05) is 47.1 Å². The quantitative estimate of drug-likeness (QED) is 0.218. The largest absolute Gasteiger partial charge is 0.478 e. The van der Waals surface area contributed by atoms with Crippen molar-refractivity contribution in [3.8, 4) is 23.0 Å². The van der Waals surface area contributed by atoms with Crippen LogP contribution in [0.15, 0.2) is 61.3 Å². The summed E-state index contributed by atoms with van der Waals surface area (Å²) in [5.74, 6) is -1.11. The van der Waals surface area contributed by atoms with Gasteiger partial charge in [-0.25, -0.2) is 23.2 Å². The van der Waals surface area contributed by atoms with Crippen LogP contribution in [0.4, 0.5) is 11.4 Å². The van der Waals surface area contributed by atoms with Crippen molar-refractivity contribution >= 4 is 50.0 Å². The van der Waals surface area contributed by atoms with Crippen LogP contribution in [-0.2, 0) is 15.6 Å². The fourth-order valence-corrected chi connectivity index (χ4v) is 7.14. The number of aromatic nitrogens is 5. The number of hydrogen-bond acceptors (Lipinski definition) is 8. The highest BCUT2D eigenvalue weighted by atomic mass is 35.5. The number of carboxylic acids is 1. The van der Waals surface area contributed by atoms with E-state index in [4.69, 9.17) is 11.6 Å². The molecule has 2 aromatic carbocycles. The number of halogens is 1. The Morgan fingerprint density at radius 3 is 2.67 bits per heavy atom. The maximum absolute atomic E-state index is 12.4. The number of carboxylic acid groups (broad SMARTS) is 1. The van der Waals surface area contributed by atoms with Crippen LogP contribution in [0.2, 0.25) is 5.02 Å². The molecule has 2 N–H and O–H groups in total. The van der Waals surface area contributed by atoms with Gasteiger partial charge in [0.2, 0.25) is 10.0 Å². The van der Waals surface area contributed by atoms with E-state index in [-0.39, 0.29) is 30.8 Å². The Balaban J connectivity index is 1.44. The van der Waals surface area contributed by atoms with Crippen molar-refractivity contribution in [2.45, 2.75) is 32.7 Å². The molecule has 0 spiro atoms. The fraction of sp³-hybridized carbons (Fsp3) is 0.258. The maximum atomic E-state index is 12.4. The standard InChI is InChI=1S/C31H29ClN8O4S/c1-4-45(43,44)38-16-31(17-38,11-12-33)40-15-21(14-36-40)26-22-10-13-39(29(22)35-18-34-26)28-19(2)8-9-23(30(41)42)27(28)37-25-7-5-6-24(32)20(25)3/h5-10,13-15,18,37H,4,11,16-17H2,1-3H3,(H,41,42). The molecule has 0 atom stereocenters. The van der Waals surface area contributed by atoms with Crippen molar-refractivity contribution < 1.29 is 18.3 Å². The average Bonchev–Trinajstić information content (AvgIpc) is 3.65. The minimum atomic E-state index is -3.39. The Morgan fingerprint density at radius 2 is 1.96 bits per heavy atom. The number of nitriles is 1. The number of aryl methyl sites for hydroxylation is 1. The zero-order valence-corrected chi connectivity index (χ0v) is 26.3. The molecule has 0 amide bonds. The lowest BCUT2D eigenvalue weighted by atomic mass is 9.89. The van der Waals surface area contributed by atoms with Crippen LogP contribution >= 0.6 is 11.6 Å². The summed E-state index contributed by atoms with van der Waals surface area (Å²) in [6.07, 6.45) is 6.76. The minimum absolute atomic E-state index is 0.0132. The van der Waals surface area contributed by atoms with Gasteiger partial charge in [0.05, 0.1) is 47.1 Å². The number of rotatable bonds is 9. The summed E-state index contributed by atoms with van der Waals surface area (Å²) >= 11 is 6.37. The molecule has 1 aliphatic heterocycles. The zero-order chi connectivity index (χ0) is 32.1. The molecule has 3 aromatic heterocycles. The lowest BCUT2D eigenvalue weighted by Crippen LogP contribution is -2.64. The predicted molar refractivity (Wildman–Crippen MR) is 170 cm³/mol. The average molecular weight is 645 g/mol. The molecule has 0 aliphatic carbocycles. The van der Waals surface area contributed by atoms with Crippen LogP contribution in [0, 0.1) is 25.2 Å². The molecule has 1 aliphatic rings. The summed E-state index contributed by atoms with van der Waals surface area (Å²) in [5, 5.41) is 28.8. The van der Waals surface area contributed by atoms with E-state index in [9.17, 15) is 23.6 Å². The Bertz CT molecular complexity index is 2130. The van der Waals surface area contributed by atoms with Crippen molar-refractivity contribution in [3.63, 3.8) is 0 Å². The molecule has 230 valence electrons. The number of carbonyl (C=O) groups is 1. The highest BCUT2D eigenvalue weighted by molar-refractivity contribution is 7.89. The number of nitrogens with zero attached hydrogens (tertiary/aromatic N) is 7. The van der Waals surface area contributed by atoms with Crippen molar-refractivity contribution in [1.82, 2.24) is 28.6 Å². The second-order valence-corrected chi connectivity index (χ2v) is 13.7. The van der Waals surface area contributed by atoms with Gasteiger partial charge in [0.1, 0.15) is 17.5 Å². The van der Waals surface area contributed by atoms with Crippen LogP contribution in [0.5, 0.6) is 0 Å². The van der Waals surface area contributed by atoms with E-state index in [0.29, 0.717) is 44.4 Å². The lowest BCUT2D eigenvalue weighted by Gasteiger charge is -2.47. The molecule has 14 heteroatoms. The molecular weight excluding hydrogens is 616 g/mol. The minimum Gasteiger partial charge on any atom is -0.478 e. The molecule has 45 heavy (non-hydrogen) atoms. The van der Waals surface area contributed by atoms with E-state index in [1.165, 1.54) is 10.6 Å². The van der Waals surface area contributed by atoms with Crippen molar-refractivity contribution in [1.29, 1.82) is 5.26 Å².